The lowest BCUT2D eigenvalue weighted by molar-refractivity contribution is 0.0250. The number of alkyl halides is 1. The van der Waals surface area contributed by atoms with E-state index >= 15 is 0 Å². The molecule has 2 heteroatoms. The van der Waals surface area contributed by atoms with E-state index in [4.69, 9.17) is 0 Å². The number of hydrogen-bond acceptors (Lipinski definition) is 1. The van der Waals surface area contributed by atoms with Gasteiger partial charge in [-0.15, -0.1) is 0 Å². The summed E-state index contributed by atoms with van der Waals surface area (Å²) < 4.78 is 0. The second-order valence-electron chi connectivity index (χ2n) is 7.32. The molecule has 2 saturated carbocycles. The molecule has 1 spiro atoms. The molecule has 18 heavy (non-hydrogen) atoms. The SMILES string of the molecule is BrCC1(CN2CCC3(CCCCC3)CC2)CCC1. The highest BCUT2D eigenvalue weighted by Gasteiger charge is 2.40. The maximum atomic E-state index is 3.75. The fourth-order valence-electron chi connectivity index (χ4n) is 4.47. The lowest BCUT2D eigenvalue weighted by atomic mass is 9.66. The van der Waals surface area contributed by atoms with Gasteiger partial charge in [-0.2, -0.15) is 0 Å². The van der Waals surface area contributed by atoms with E-state index in [0.717, 1.165) is 5.41 Å². The lowest BCUT2D eigenvalue weighted by Gasteiger charge is -2.49. The van der Waals surface area contributed by atoms with Crippen LogP contribution in [-0.2, 0) is 0 Å². The van der Waals surface area contributed by atoms with E-state index in [1.54, 1.807) is 0 Å². The molecule has 1 saturated heterocycles. The molecule has 3 fully saturated rings. The number of rotatable bonds is 3. The fraction of sp³-hybridized carbons (Fsp3) is 1.00. The van der Waals surface area contributed by atoms with Gasteiger partial charge in [-0.05, 0) is 62.4 Å². The van der Waals surface area contributed by atoms with Gasteiger partial charge in [0.1, 0.15) is 0 Å². The van der Waals surface area contributed by atoms with Crippen LogP contribution in [0.25, 0.3) is 0 Å². The van der Waals surface area contributed by atoms with Crippen molar-refractivity contribution in [3.8, 4) is 0 Å². The van der Waals surface area contributed by atoms with Gasteiger partial charge in [0.05, 0.1) is 0 Å². The molecule has 3 aliphatic rings. The zero-order chi connectivity index (χ0) is 12.5. The first-order chi connectivity index (χ1) is 8.76. The molecule has 0 amide bonds. The predicted molar refractivity (Wildman–Crippen MR) is 81.3 cm³/mol. The standard InChI is InChI=1S/C16H28BrN/c17-13-16(7-4-8-16)14-18-11-9-15(10-12-18)5-2-1-3-6-15/h1-14H2. The van der Waals surface area contributed by atoms with E-state index in [1.807, 2.05) is 0 Å². The van der Waals surface area contributed by atoms with Gasteiger partial charge in [0.25, 0.3) is 0 Å². The van der Waals surface area contributed by atoms with Crippen LogP contribution in [0.5, 0.6) is 0 Å². The molecule has 1 nitrogen and oxygen atoms in total. The van der Waals surface area contributed by atoms with Gasteiger partial charge in [0, 0.05) is 11.9 Å². The van der Waals surface area contributed by atoms with Gasteiger partial charge in [-0.25, -0.2) is 0 Å². The van der Waals surface area contributed by atoms with Crippen LogP contribution in [0.3, 0.4) is 0 Å². The molecule has 2 aliphatic carbocycles. The third-order valence-electron chi connectivity index (χ3n) is 6.09. The predicted octanol–water partition coefficient (Wildman–Crippen LogP) is 4.60. The summed E-state index contributed by atoms with van der Waals surface area (Å²) in [5.74, 6) is 0. The van der Waals surface area contributed by atoms with Crippen LogP contribution in [0.1, 0.15) is 64.2 Å². The zero-order valence-electron chi connectivity index (χ0n) is 11.7. The van der Waals surface area contributed by atoms with Gasteiger partial charge < -0.3 is 4.90 Å². The molecule has 0 atom stereocenters. The van der Waals surface area contributed by atoms with Crippen molar-refractivity contribution < 1.29 is 0 Å². The van der Waals surface area contributed by atoms with Crippen molar-refractivity contribution in [2.45, 2.75) is 64.2 Å². The van der Waals surface area contributed by atoms with Crippen LogP contribution in [0, 0.1) is 10.8 Å². The van der Waals surface area contributed by atoms with Crippen LogP contribution < -0.4 is 0 Å². The number of hydrogen-bond donors (Lipinski definition) is 0. The number of piperidine rings is 1. The average Bonchev–Trinajstić information content (AvgIpc) is 2.37. The molecule has 0 aromatic carbocycles. The highest BCUT2D eigenvalue weighted by Crippen LogP contribution is 2.47. The molecule has 0 aromatic heterocycles. The highest BCUT2D eigenvalue weighted by molar-refractivity contribution is 9.09. The highest BCUT2D eigenvalue weighted by atomic mass is 79.9. The first-order valence-corrected chi connectivity index (χ1v) is 9.17. The minimum Gasteiger partial charge on any atom is -0.303 e. The summed E-state index contributed by atoms with van der Waals surface area (Å²) in [6.45, 7) is 4.14. The molecule has 104 valence electrons. The lowest BCUT2D eigenvalue weighted by Crippen LogP contribution is -2.48. The van der Waals surface area contributed by atoms with Crippen LogP contribution in [0.4, 0.5) is 0 Å². The molecular weight excluding hydrogens is 286 g/mol. The minimum atomic E-state index is 0.650. The van der Waals surface area contributed by atoms with Gasteiger partial charge in [-0.1, -0.05) is 41.6 Å². The van der Waals surface area contributed by atoms with E-state index in [-0.39, 0.29) is 0 Å². The summed E-state index contributed by atoms with van der Waals surface area (Å²) in [4.78, 5) is 2.78. The van der Waals surface area contributed by atoms with Crippen LogP contribution in [0.15, 0.2) is 0 Å². The van der Waals surface area contributed by atoms with E-state index in [1.165, 1.54) is 89.2 Å². The summed E-state index contributed by atoms with van der Waals surface area (Å²) >= 11 is 3.75. The van der Waals surface area contributed by atoms with Crippen molar-refractivity contribution in [3.05, 3.63) is 0 Å². The first kappa shape index (κ1) is 13.4. The summed E-state index contributed by atoms with van der Waals surface area (Å²) in [6.07, 6.45) is 14.9. The molecule has 0 radical (unpaired) electrons. The molecule has 0 aromatic rings. The van der Waals surface area contributed by atoms with E-state index in [9.17, 15) is 0 Å². The topological polar surface area (TPSA) is 3.24 Å². The van der Waals surface area contributed by atoms with Crippen molar-refractivity contribution in [1.82, 2.24) is 4.90 Å². The Bertz CT molecular complexity index is 263. The Hall–Kier alpha value is 0.440. The normalized spacial score (nSPS) is 31.2. The summed E-state index contributed by atoms with van der Waals surface area (Å²) in [5, 5.41) is 1.22. The third-order valence-corrected chi connectivity index (χ3v) is 7.28. The second-order valence-corrected chi connectivity index (χ2v) is 7.88. The Morgan fingerprint density at radius 1 is 0.778 bits per heavy atom. The van der Waals surface area contributed by atoms with Gasteiger partial charge in [0.2, 0.25) is 0 Å². The third kappa shape index (κ3) is 2.65. The molecule has 0 bridgehead atoms. The Labute approximate surface area is 121 Å². The largest absolute Gasteiger partial charge is 0.303 e. The van der Waals surface area contributed by atoms with Crippen LogP contribution in [-0.4, -0.2) is 29.9 Å². The average molecular weight is 314 g/mol. The zero-order valence-corrected chi connectivity index (χ0v) is 13.3. The summed E-state index contributed by atoms with van der Waals surface area (Å²) in [5.41, 5.74) is 1.42. The van der Waals surface area contributed by atoms with Gasteiger partial charge in [-0.3, -0.25) is 0 Å². The van der Waals surface area contributed by atoms with Crippen molar-refractivity contribution in [1.29, 1.82) is 0 Å². The molecule has 1 aliphatic heterocycles. The van der Waals surface area contributed by atoms with Crippen molar-refractivity contribution in [2.24, 2.45) is 10.8 Å². The van der Waals surface area contributed by atoms with E-state index in [2.05, 4.69) is 20.8 Å². The number of nitrogens with zero attached hydrogens (tertiary/aromatic N) is 1. The number of halogens is 1. The van der Waals surface area contributed by atoms with E-state index in [0.29, 0.717) is 5.41 Å². The molecular formula is C16H28BrN. The maximum Gasteiger partial charge on any atom is 0.0100 e. The Morgan fingerprint density at radius 3 is 1.94 bits per heavy atom. The van der Waals surface area contributed by atoms with Crippen molar-refractivity contribution >= 4 is 15.9 Å². The van der Waals surface area contributed by atoms with Crippen LogP contribution >= 0.6 is 15.9 Å². The van der Waals surface area contributed by atoms with Crippen molar-refractivity contribution in [2.75, 3.05) is 25.0 Å². The van der Waals surface area contributed by atoms with Crippen LogP contribution in [0.2, 0.25) is 0 Å². The fourth-order valence-corrected chi connectivity index (χ4v) is 5.21. The smallest absolute Gasteiger partial charge is 0.0100 e. The maximum absolute atomic E-state index is 3.75. The monoisotopic (exact) mass is 313 g/mol. The second kappa shape index (κ2) is 5.44. The minimum absolute atomic E-state index is 0.650. The Morgan fingerprint density at radius 2 is 1.44 bits per heavy atom. The van der Waals surface area contributed by atoms with Gasteiger partial charge >= 0.3 is 0 Å². The molecule has 1 heterocycles. The summed E-state index contributed by atoms with van der Waals surface area (Å²) in [6, 6.07) is 0. The quantitative estimate of drug-likeness (QED) is 0.688. The molecule has 3 rings (SSSR count). The van der Waals surface area contributed by atoms with Crippen molar-refractivity contribution in [3.63, 3.8) is 0 Å². The molecule has 0 N–H and O–H groups in total. The molecule has 0 unspecified atom stereocenters. The summed E-state index contributed by atoms with van der Waals surface area (Å²) in [7, 11) is 0. The first-order valence-electron chi connectivity index (χ1n) is 8.04. The Balaban J connectivity index is 1.50. The van der Waals surface area contributed by atoms with Gasteiger partial charge in [0.15, 0.2) is 0 Å². The Kier molecular flexibility index (Phi) is 4.06. The number of likely N-dealkylation sites (tertiary alicyclic amines) is 1. The van der Waals surface area contributed by atoms with E-state index < -0.39 is 0 Å².